The number of aromatic nitrogens is 3. The van der Waals surface area contributed by atoms with E-state index < -0.39 is 10.1 Å². The first kappa shape index (κ1) is 25.0. The van der Waals surface area contributed by atoms with Crippen LogP contribution in [0.25, 0.3) is 21.1 Å². The maximum atomic E-state index is 12.0. The Labute approximate surface area is 199 Å². The Balaban J connectivity index is 0.000000555. The van der Waals surface area contributed by atoms with Gasteiger partial charge in [0, 0.05) is 24.7 Å². The molecule has 0 aliphatic heterocycles. The summed E-state index contributed by atoms with van der Waals surface area (Å²) in [5.41, 5.74) is 2.73. The van der Waals surface area contributed by atoms with Crippen molar-refractivity contribution in [1.29, 1.82) is 0 Å². The third-order valence-electron chi connectivity index (χ3n) is 4.48. The molecule has 0 aliphatic rings. The topological polar surface area (TPSA) is 149 Å². The molecule has 0 saturated heterocycles. The van der Waals surface area contributed by atoms with Crippen LogP contribution in [0.3, 0.4) is 0 Å². The molecular formula is C20H24ClN5O5S2. The summed E-state index contributed by atoms with van der Waals surface area (Å²) >= 11 is 7.62. The van der Waals surface area contributed by atoms with Crippen LogP contribution < -0.4 is 20.9 Å². The highest BCUT2D eigenvalue weighted by Gasteiger charge is 2.09. The van der Waals surface area contributed by atoms with Crippen LogP contribution in [-0.2, 0) is 16.7 Å². The lowest BCUT2D eigenvalue weighted by Crippen LogP contribution is -2.19. The maximum Gasteiger partial charge on any atom is 0.270 e. The van der Waals surface area contributed by atoms with E-state index in [0.29, 0.717) is 35.0 Å². The lowest BCUT2D eigenvalue weighted by Gasteiger charge is -2.09. The van der Waals surface area contributed by atoms with Gasteiger partial charge in [0.05, 0.1) is 29.4 Å². The van der Waals surface area contributed by atoms with Crippen molar-refractivity contribution in [1.82, 2.24) is 20.3 Å². The summed E-state index contributed by atoms with van der Waals surface area (Å²) in [6, 6.07) is 5.79. The van der Waals surface area contributed by atoms with E-state index in [1.54, 1.807) is 13.3 Å². The molecule has 0 aliphatic carbocycles. The molecular weight excluding hydrogens is 490 g/mol. The predicted octanol–water partition coefficient (Wildman–Crippen LogP) is 3.22. The summed E-state index contributed by atoms with van der Waals surface area (Å²) in [5.74, 6) is 1.29. The predicted molar refractivity (Wildman–Crippen MR) is 132 cm³/mol. The van der Waals surface area contributed by atoms with Crippen LogP contribution in [0.5, 0.6) is 5.75 Å². The zero-order valence-electron chi connectivity index (χ0n) is 17.9. The lowest BCUT2D eigenvalue weighted by atomic mass is 10.1. The molecule has 0 saturated carbocycles. The number of thiophene rings is 1. The van der Waals surface area contributed by atoms with E-state index in [1.165, 1.54) is 11.3 Å². The van der Waals surface area contributed by atoms with Crippen molar-refractivity contribution in [2.24, 2.45) is 0 Å². The van der Waals surface area contributed by atoms with Crippen LogP contribution in [0.1, 0.15) is 12.0 Å². The van der Waals surface area contributed by atoms with E-state index in [9.17, 15) is 13.2 Å². The van der Waals surface area contributed by atoms with Gasteiger partial charge in [-0.1, -0.05) is 11.6 Å². The fourth-order valence-corrected chi connectivity index (χ4v) is 4.03. The molecule has 0 spiro atoms. The Bertz CT molecular complexity index is 1390. The average Bonchev–Trinajstić information content (AvgIpc) is 3.36. The number of fused-ring (bicyclic) bond motifs is 2. The molecule has 4 rings (SSSR count). The second-order valence-corrected chi connectivity index (χ2v) is 9.87. The Morgan fingerprint density at radius 2 is 2.06 bits per heavy atom. The van der Waals surface area contributed by atoms with E-state index >= 15 is 0 Å². The van der Waals surface area contributed by atoms with E-state index in [2.05, 4.69) is 25.6 Å². The number of hydrogen-bond acceptors (Lipinski definition) is 8. The maximum absolute atomic E-state index is 12.0. The van der Waals surface area contributed by atoms with Crippen molar-refractivity contribution >= 4 is 60.1 Å². The normalized spacial score (nSPS) is 11.4. The molecule has 5 N–H and O–H groups in total. The second kappa shape index (κ2) is 11.0. The summed E-state index contributed by atoms with van der Waals surface area (Å²) in [6.45, 7) is 2.21. The van der Waals surface area contributed by atoms with Gasteiger partial charge < -0.3 is 20.4 Å². The van der Waals surface area contributed by atoms with Crippen LogP contribution in [0.2, 0.25) is 5.02 Å². The number of benzene rings is 1. The number of nitrogens with one attached hydrogen (secondary N) is 4. The molecule has 13 heteroatoms. The van der Waals surface area contributed by atoms with Gasteiger partial charge in [-0.2, -0.15) is 8.42 Å². The number of halogens is 1. The van der Waals surface area contributed by atoms with Gasteiger partial charge in [0.2, 0.25) is 5.95 Å². The van der Waals surface area contributed by atoms with Crippen LogP contribution >= 0.6 is 22.9 Å². The molecule has 33 heavy (non-hydrogen) atoms. The van der Waals surface area contributed by atoms with Gasteiger partial charge >= 0.3 is 0 Å². The van der Waals surface area contributed by atoms with Gasteiger partial charge in [-0.05, 0) is 42.1 Å². The van der Waals surface area contributed by atoms with Crippen molar-refractivity contribution in [3.05, 3.63) is 50.7 Å². The minimum Gasteiger partial charge on any atom is -0.497 e. The third kappa shape index (κ3) is 7.17. The van der Waals surface area contributed by atoms with Crippen molar-refractivity contribution in [3.8, 4) is 5.75 Å². The van der Waals surface area contributed by atoms with Gasteiger partial charge in [-0.25, -0.2) is 4.98 Å². The van der Waals surface area contributed by atoms with Crippen molar-refractivity contribution < 1.29 is 17.7 Å². The fraction of sp³-hybridized carbons (Fsp3) is 0.300. The number of nitrogens with zero attached hydrogens (tertiary/aromatic N) is 1. The van der Waals surface area contributed by atoms with E-state index in [-0.39, 0.29) is 5.56 Å². The highest BCUT2D eigenvalue weighted by Crippen LogP contribution is 2.30. The molecule has 0 atom stereocenters. The molecule has 0 fully saturated rings. The molecule has 1 aromatic carbocycles. The number of H-pyrrole nitrogens is 2. The van der Waals surface area contributed by atoms with E-state index in [0.717, 1.165) is 40.7 Å². The zero-order chi connectivity index (χ0) is 24.0. The molecule has 0 amide bonds. The first-order chi connectivity index (χ1) is 15.7. The minimum absolute atomic E-state index is 0.104. The number of hydrogen-bond donors (Lipinski definition) is 5. The van der Waals surface area contributed by atoms with Crippen LogP contribution in [0.15, 0.2) is 34.6 Å². The SMILES string of the molecule is COc1cc(CNCCCNc2nc3ccsc3c(=O)[nH]2)c2[nH]cc(Cl)c2c1.CS(=O)(=O)O. The number of rotatable bonds is 8. The molecule has 0 unspecified atom stereocenters. The van der Waals surface area contributed by atoms with Crippen molar-refractivity contribution in [3.63, 3.8) is 0 Å². The molecule has 0 bridgehead atoms. The molecule has 10 nitrogen and oxygen atoms in total. The standard InChI is InChI=1S/C19H20ClN5O2S.CH4O3S/c1-27-12-7-11(16-13(8-12)14(20)10-23-16)9-21-4-2-5-22-19-24-15-3-6-28-17(15)18(26)25-19;1-5(2,3)4/h3,6-8,10,21,23H,2,4-5,9H2,1H3,(H2,22,24,25,26);1H3,(H,2,3,4). The largest absolute Gasteiger partial charge is 0.497 e. The Morgan fingerprint density at radius 3 is 2.79 bits per heavy atom. The van der Waals surface area contributed by atoms with Gasteiger partial charge in [0.1, 0.15) is 10.4 Å². The summed E-state index contributed by atoms with van der Waals surface area (Å²) < 4.78 is 31.9. The molecule has 178 valence electrons. The van der Waals surface area contributed by atoms with Gasteiger partial charge in [-0.15, -0.1) is 11.3 Å². The van der Waals surface area contributed by atoms with Gasteiger partial charge in [0.15, 0.2) is 0 Å². The second-order valence-electron chi connectivity index (χ2n) is 7.09. The van der Waals surface area contributed by atoms with Gasteiger partial charge in [-0.3, -0.25) is 14.3 Å². The van der Waals surface area contributed by atoms with Crippen LogP contribution in [0, 0.1) is 0 Å². The summed E-state index contributed by atoms with van der Waals surface area (Å²) in [6.07, 6.45) is 3.38. The minimum atomic E-state index is -3.67. The fourth-order valence-electron chi connectivity index (χ4n) is 3.10. The summed E-state index contributed by atoms with van der Waals surface area (Å²) in [7, 11) is -2.02. The van der Waals surface area contributed by atoms with Crippen LogP contribution in [-0.4, -0.2) is 54.4 Å². The number of methoxy groups -OCH3 is 1. The molecule has 3 aromatic heterocycles. The molecule has 0 radical (unpaired) electrons. The van der Waals surface area contributed by atoms with E-state index in [4.69, 9.17) is 20.9 Å². The highest BCUT2D eigenvalue weighted by atomic mass is 35.5. The Morgan fingerprint density at radius 1 is 1.30 bits per heavy atom. The average molecular weight is 514 g/mol. The summed E-state index contributed by atoms with van der Waals surface area (Å²) in [5, 5.41) is 10.1. The molecule has 4 aromatic rings. The first-order valence-electron chi connectivity index (χ1n) is 9.83. The highest BCUT2D eigenvalue weighted by molar-refractivity contribution is 7.85. The first-order valence-corrected chi connectivity index (χ1v) is 12.9. The number of ether oxygens (including phenoxy) is 1. The summed E-state index contributed by atoms with van der Waals surface area (Å²) in [4.78, 5) is 22.4. The third-order valence-corrected chi connectivity index (χ3v) is 5.70. The van der Waals surface area contributed by atoms with Gasteiger partial charge in [0.25, 0.3) is 15.7 Å². The lowest BCUT2D eigenvalue weighted by molar-refractivity contribution is 0.414. The van der Waals surface area contributed by atoms with E-state index in [1.807, 2.05) is 23.6 Å². The smallest absolute Gasteiger partial charge is 0.270 e. The quantitative estimate of drug-likeness (QED) is 0.178. The van der Waals surface area contributed by atoms with Crippen molar-refractivity contribution in [2.45, 2.75) is 13.0 Å². The monoisotopic (exact) mass is 513 g/mol. The number of anilines is 1. The molecule has 3 heterocycles. The zero-order valence-corrected chi connectivity index (χ0v) is 20.3. The van der Waals surface area contributed by atoms with Crippen molar-refractivity contribution in [2.75, 3.05) is 31.8 Å². The Kier molecular flexibility index (Phi) is 8.32. The Hall–Kier alpha value is -2.64. The van der Waals surface area contributed by atoms with Crippen LogP contribution in [0.4, 0.5) is 5.95 Å². The number of aromatic amines is 2.